The van der Waals surface area contributed by atoms with Gasteiger partial charge in [-0.1, -0.05) is 13.8 Å². The number of hydrogen-bond acceptors (Lipinski definition) is 19. The number of rotatable bonds is 23. The lowest BCUT2D eigenvalue weighted by molar-refractivity contribution is -0.201. The number of carbonyl (C=O) groups is 9. The summed E-state index contributed by atoms with van der Waals surface area (Å²) in [6.45, 7) is 7.84. The van der Waals surface area contributed by atoms with Crippen molar-refractivity contribution in [2.24, 2.45) is 5.41 Å². The molecule has 0 heterocycles. The van der Waals surface area contributed by atoms with Crippen molar-refractivity contribution in [1.29, 1.82) is 0 Å². The zero-order chi connectivity index (χ0) is 41.9. The van der Waals surface area contributed by atoms with E-state index in [1.807, 2.05) is 0 Å². The first-order chi connectivity index (χ1) is 25.0. The summed E-state index contributed by atoms with van der Waals surface area (Å²) in [4.78, 5) is 110. The van der Waals surface area contributed by atoms with Gasteiger partial charge < -0.3 is 59.1 Å². The van der Waals surface area contributed by atoms with E-state index in [4.69, 9.17) is 33.2 Å². The third-order valence-electron chi connectivity index (χ3n) is 7.78. The Morgan fingerprint density at radius 3 is 1.35 bits per heavy atom. The number of amides is 2. The smallest absolute Gasteiger partial charge is 0.303 e. The molecule has 54 heavy (non-hydrogen) atoms. The van der Waals surface area contributed by atoms with Crippen LogP contribution in [-0.2, 0) is 76.3 Å². The van der Waals surface area contributed by atoms with Gasteiger partial charge in [0.1, 0.15) is 12.7 Å². The molecule has 2 amide bonds. The minimum absolute atomic E-state index is 0.244. The van der Waals surface area contributed by atoms with Crippen LogP contribution in [0.5, 0.6) is 0 Å². The Morgan fingerprint density at radius 1 is 0.537 bits per heavy atom. The molecular formula is C33H52N2O19. The van der Waals surface area contributed by atoms with Crippen molar-refractivity contribution in [1.82, 2.24) is 10.6 Å². The summed E-state index contributed by atoms with van der Waals surface area (Å²) in [5, 5.41) is 36.7. The second-order valence-corrected chi connectivity index (χ2v) is 12.1. The number of esters is 7. The van der Waals surface area contributed by atoms with E-state index in [2.05, 4.69) is 10.6 Å². The molecule has 8 unspecified atom stereocenters. The monoisotopic (exact) mass is 780 g/mol. The third-order valence-corrected chi connectivity index (χ3v) is 7.78. The Labute approximate surface area is 311 Å². The van der Waals surface area contributed by atoms with Crippen molar-refractivity contribution in [3.8, 4) is 0 Å². The Bertz CT molecular complexity index is 1330. The van der Waals surface area contributed by atoms with E-state index in [-0.39, 0.29) is 25.9 Å². The van der Waals surface area contributed by atoms with E-state index in [1.165, 1.54) is 0 Å². The lowest BCUT2D eigenvalue weighted by Crippen LogP contribution is -2.58. The molecule has 0 spiro atoms. The second-order valence-electron chi connectivity index (χ2n) is 12.1. The van der Waals surface area contributed by atoms with Crippen molar-refractivity contribution in [3.05, 3.63) is 0 Å². The molecule has 5 N–H and O–H groups in total. The van der Waals surface area contributed by atoms with Crippen molar-refractivity contribution in [2.75, 3.05) is 26.3 Å². The van der Waals surface area contributed by atoms with Gasteiger partial charge in [0.05, 0.1) is 6.61 Å². The van der Waals surface area contributed by atoms with Gasteiger partial charge in [0.15, 0.2) is 36.6 Å². The van der Waals surface area contributed by atoms with Crippen LogP contribution in [0.1, 0.15) is 75.2 Å². The first-order valence-electron chi connectivity index (χ1n) is 16.7. The molecule has 0 aromatic heterocycles. The maximum atomic E-state index is 13.7. The predicted molar refractivity (Wildman–Crippen MR) is 178 cm³/mol. The van der Waals surface area contributed by atoms with Crippen LogP contribution < -0.4 is 10.6 Å². The summed E-state index contributed by atoms with van der Waals surface area (Å²) in [5.74, 6) is -9.10. The number of nitrogens with one attached hydrogen (secondary N) is 2. The van der Waals surface area contributed by atoms with Crippen LogP contribution in [0.25, 0.3) is 0 Å². The van der Waals surface area contributed by atoms with E-state index < -0.39 is 121 Å². The number of ether oxygens (including phenoxy) is 7. The Morgan fingerprint density at radius 2 is 0.944 bits per heavy atom. The molecule has 0 aromatic rings. The molecule has 0 aliphatic carbocycles. The van der Waals surface area contributed by atoms with E-state index in [1.54, 1.807) is 13.8 Å². The topological polar surface area (TPSA) is 303 Å². The quantitative estimate of drug-likeness (QED) is 0.0547. The molecule has 0 bridgehead atoms. The number of hydrogen-bond donors (Lipinski definition) is 5. The van der Waals surface area contributed by atoms with Gasteiger partial charge in [-0.05, 0) is 12.8 Å². The van der Waals surface area contributed by atoms with E-state index in [9.17, 15) is 58.5 Å². The van der Waals surface area contributed by atoms with Gasteiger partial charge in [-0.2, -0.15) is 0 Å². The Balaban J connectivity index is 6.43. The molecule has 0 saturated heterocycles. The highest BCUT2D eigenvalue weighted by Gasteiger charge is 2.47. The highest BCUT2D eigenvalue weighted by Crippen LogP contribution is 2.26. The fourth-order valence-corrected chi connectivity index (χ4v) is 4.96. The zero-order valence-corrected chi connectivity index (χ0v) is 31.7. The number of aliphatic hydroxyl groups excluding tert-OH is 3. The SMILES string of the molecule is CCC(CC)(CNC(=O)C(O)C(OC(C)=O)C(O)C(COC(C)=O)OC(C)=O)CNC(=O)C(OC(C)=O)C(OC(C)=O)C(OC(C)=O)C(CO)OC(C)=O. The highest BCUT2D eigenvalue weighted by molar-refractivity contribution is 5.85. The average Bonchev–Trinajstić information content (AvgIpc) is 3.07. The number of aliphatic hydroxyl groups is 3. The molecule has 0 radical (unpaired) electrons. The summed E-state index contributed by atoms with van der Waals surface area (Å²) in [7, 11) is 0. The molecule has 0 rings (SSSR count). The van der Waals surface area contributed by atoms with Crippen molar-refractivity contribution in [2.45, 2.75) is 124 Å². The van der Waals surface area contributed by atoms with Crippen LogP contribution in [0.15, 0.2) is 0 Å². The number of carbonyl (C=O) groups excluding carboxylic acids is 9. The highest BCUT2D eigenvalue weighted by atomic mass is 16.6. The van der Waals surface area contributed by atoms with Crippen LogP contribution in [0.2, 0.25) is 0 Å². The zero-order valence-electron chi connectivity index (χ0n) is 31.7. The van der Waals surface area contributed by atoms with Gasteiger partial charge in [-0.3, -0.25) is 43.2 Å². The molecule has 21 nitrogen and oxygen atoms in total. The molecular weight excluding hydrogens is 728 g/mol. The second kappa shape index (κ2) is 23.7. The first-order valence-corrected chi connectivity index (χ1v) is 16.7. The van der Waals surface area contributed by atoms with Gasteiger partial charge >= 0.3 is 41.8 Å². The molecule has 308 valence electrons. The van der Waals surface area contributed by atoms with Crippen LogP contribution in [-0.4, -0.2) is 144 Å². The maximum absolute atomic E-state index is 13.7. The minimum atomic E-state index is -2.27. The van der Waals surface area contributed by atoms with E-state index >= 15 is 0 Å². The van der Waals surface area contributed by atoms with Crippen molar-refractivity contribution in [3.63, 3.8) is 0 Å². The van der Waals surface area contributed by atoms with Gasteiger partial charge in [0.2, 0.25) is 6.10 Å². The summed E-state index contributed by atoms with van der Waals surface area (Å²) >= 11 is 0. The summed E-state index contributed by atoms with van der Waals surface area (Å²) < 4.78 is 35.3. The van der Waals surface area contributed by atoms with Gasteiger partial charge in [-0.15, -0.1) is 0 Å². The first kappa shape index (κ1) is 49.1. The fraction of sp³-hybridized carbons (Fsp3) is 0.727. The van der Waals surface area contributed by atoms with Crippen LogP contribution in [0.3, 0.4) is 0 Å². The van der Waals surface area contributed by atoms with Crippen LogP contribution in [0, 0.1) is 5.41 Å². The third kappa shape index (κ3) is 17.3. The predicted octanol–water partition coefficient (Wildman–Crippen LogP) is -2.11. The van der Waals surface area contributed by atoms with Crippen LogP contribution in [0.4, 0.5) is 0 Å². The molecule has 0 fully saturated rings. The Hall–Kier alpha value is -4.89. The largest absolute Gasteiger partial charge is 0.462 e. The minimum Gasteiger partial charge on any atom is -0.462 e. The summed E-state index contributed by atoms with van der Waals surface area (Å²) in [6.07, 6.45) is -15.1. The molecule has 8 atom stereocenters. The molecule has 21 heteroatoms. The lowest BCUT2D eigenvalue weighted by atomic mass is 9.82. The van der Waals surface area contributed by atoms with E-state index in [0.717, 1.165) is 48.5 Å². The molecule has 0 aliphatic rings. The molecule has 0 aromatic carbocycles. The molecule has 0 saturated carbocycles. The van der Waals surface area contributed by atoms with Gasteiger partial charge in [0, 0.05) is 67.0 Å². The normalized spacial score (nSPS) is 15.6. The average molecular weight is 781 g/mol. The summed E-state index contributed by atoms with van der Waals surface area (Å²) in [6, 6.07) is 0. The fourth-order valence-electron chi connectivity index (χ4n) is 4.96. The molecule has 0 aliphatic heterocycles. The maximum Gasteiger partial charge on any atom is 0.303 e. The van der Waals surface area contributed by atoms with Gasteiger partial charge in [-0.25, -0.2) is 0 Å². The standard InChI is InChI=1S/C33H52N2O19/c1-10-33(11-2,14-34-31(46)26(45)28(52-20(7)41)25(44)24(50-18(5)39)13-48-16(3)37)15-35-32(47)30(54-22(9)43)29(53-21(8)42)27(51-19(6)40)23(12-36)49-17(4)38/h23-30,36,44-45H,10-15H2,1-9H3,(H,34,46)(H,35,47). The van der Waals surface area contributed by atoms with Crippen molar-refractivity contribution >= 4 is 53.6 Å². The van der Waals surface area contributed by atoms with Crippen molar-refractivity contribution < 1.29 is 91.6 Å². The van der Waals surface area contributed by atoms with Gasteiger partial charge in [0.25, 0.3) is 11.8 Å². The Kier molecular flexibility index (Phi) is 21.6. The summed E-state index contributed by atoms with van der Waals surface area (Å²) in [5.41, 5.74) is -1.02. The van der Waals surface area contributed by atoms with E-state index in [0.29, 0.717) is 0 Å². The van der Waals surface area contributed by atoms with Crippen LogP contribution >= 0.6 is 0 Å². The lowest BCUT2D eigenvalue weighted by Gasteiger charge is -2.36.